The summed E-state index contributed by atoms with van der Waals surface area (Å²) in [7, 11) is -4.22. The van der Waals surface area contributed by atoms with Gasteiger partial charge in [-0.25, -0.2) is 21.9 Å². The highest BCUT2D eigenvalue weighted by Crippen LogP contribution is 2.20. The van der Waals surface area contributed by atoms with Crippen LogP contribution in [0.25, 0.3) is 0 Å². The predicted octanol–water partition coefficient (Wildman–Crippen LogP) is 2.04. The SMILES string of the molecule is O=S(=O)(NC[C@H](O)c1cccs1)c1cc(F)ccc1F. The van der Waals surface area contributed by atoms with Crippen molar-refractivity contribution in [2.24, 2.45) is 0 Å². The van der Waals surface area contributed by atoms with Crippen molar-refractivity contribution in [3.05, 3.63) is 52.2 Å². The minimum Gasteiger partial charge on any atom is -0.386 e. The van der Waals surface area contributed by atoms with Gasteiger partial charge in [0.1, 0.15) is 22.6 Å². The average molecular weight is 319 g/mol. The second-order valence-electron chi connectivity index (χ2n) is 3.96. The Bertz CT molecular complexity index is 687. The molecule has 1 aromatic heterocycles. The van der Waals surface area contributed by atoms with E-state index in [1.807, 2.05) is 0 Å². The molecule has 0 aliphatic carbocycles. The zero-order valence-electron chi connectivity index (χ0n) is 10.1. The zero-order valence-corrected chi connectivity index (χ0v) is 11.7. The maximum Gasteiger partial charge on any atom is 0.243 e. The van der Waals surface area contributed by atoms with Crippen LogP contribution >= 0.6 is 11.3 Å². The van der Waals surface area contributed by atoms with Crippen molar-refractivity contribution >= 4 is 21.4 Å². The molecule has 0 amide bonds. The summed E-state index contributed by atoms with van der Waals surface area (Å²) in [6.07, 6.45) is -1.04. The van der Waals surface area contributed by atoms with Crippen molar-refractivity contribution < 1.29 is 22.3 Å². The molecule has 4 nitrogen and oxygen atoms in total. The number of aliphatic hydroxyl groups is 1. The van der Waals surface area contributed by atoms with Crippen LogP contribution in [0.15, 0.2) is 40.6 Å². The molecule has 0 saturated carbocycles. The molecule has 0 radical (unpaired) electrons. The summed E-state index contributed by atoms with van der Waals surface area (Å²) >= 11 is 1.26. The van der Waals surface area contributed by atoms with Gasteiger partial charge < -0.3 is 5.11 Å². The molecule has 1 aromatic carbocycles. The Morgan fingerprint density at radius 1 is 1.30 bits per heavy atom. The van der Waals surface area contributed by atoms with E-state index in [-0.39, 0.29) is 6.54 Å². The molecule has 0 bridgehead atoms. The van der Waals surface area contributed by atoms with Crippen molar-refractivity contribution in [3.63, 3.8) is 0 Å². The maximum atomic E-state index is 13.4. The summed E-state index contributed by atoms with van der Waals surface area (Å²) in [5.41, 5.74) is 0. The molecule has 20 heavy (non-hydrogen) atoms. The van der Waals surface area contributed by atoms with Gasteiger partial charge in [-0.1, -0.05) is 6.07 Å². The van der Waals surface area contributed by atoms with Crippen molar-refractivity contribution in [2.75, 3.05) is 6.54 Å². The van der Waals surface area contributed by atoms with Gasteiger partial charge in [0.15, 0.2) is 0 Å². The van der Waals surface area contributed by atoms with E-state index in [1.54, 1.807) is 17.5 Å². The molecular formula is C12H11F2NO3S2. The normalized spacial score (nSPS) is 13.3. The Hall–Kier alpha value is -1.35. The van der Waals surface area contributed by atoms with Crippen LogP contribution in [0.5, 0.6) is 0 Å². The van der Waals surface area contributed by atoms with Crippen LogP contribution in [-0.4, -0.2) is 20.1 Å². The van der Waals surface area contributed by atoms with E-state index in [4.69, 9.17) is 0 Å². The van der Waals surface area contributed by atoms with E-state index < -0.39 is 32.7 Å². The quantitative estimate of drug-likeness (QED) is 0.886. The van der Waals surface area contributed by atoms with Crippen LogP contribution < -0.4 is 4.72 Å². The van der Waals surface area contributed by atoms with Gasteiger partial charge in [-0.15, -0.1) is 11.3 Å². The molecule has 1 heterocycles. The Balaban J connectivity index is 2.13. The van der Waals surface area contributed by atoms with Gasteiger partial charge in [0.05, 0.1) is 0 Å². The Labute approximate surface area is 118 Å². The molecule has 0 unspecified atom stereocenters. The molecule has 2 aromatic rings. The van der Waals surface area contributed by atoms with Crippen molar-refractivity contribution in [1.29, 1.82) is 0 Å². The Morgan fingerprint density at radius 2 is 2.05 bits per heavy atom. The van der Waals surface area contributed by atoms with Gasteiger partial charge >= 0.3 is 0 Å². The molecule has 0 aliphatic rings. The first kappa shape index (κ1) is 15.0. The summed E-state index contributed by atoms with van der Waals surface area (Å²) in [5, 5.41) is 11.5. The lowest BCUT2D eigenvalue weighted by Gasteiger charge is -2.11. The highest BCUT2D eigenvalue weighted by Gasteiger charge is 2.21. The summed E-state index contributed by atoms with van der Waals surface area (Å²) < 4.78 is 52.2. The second kappa shape index (κ2) is 5.96. The minimum atomic E-state index is -4.22. The van der Waals surface area contributed by atoms with Crippen LogP contribution in [0.2, 0.25) is 0 Å². The summed E-state index contributed by atoms with van der Waals surface area (Å²) in [6, 6.07) is 5.51. The van der Waals surface area contributed by atoms with Crippen LogP contribution in [0, 0.1) is 11.6 Å². The van der Waals surface area contributed by atoms with Gasteiger partial charge in [0.25, 0.3) is 0 Å². The lowest BCUT2D eigenvalue weighted by atomic mass is 10.3. The Kier molecular flexibility index (Phi) is 4.48. The summed E-state index contributed by atoms with van der Waals surface area (Å²) in [6.45, 7) is -0.321. The van der Waals surface area contributed by atoms with Crippen LogP contribution in [-0.2, 0) is 10.0 Å². The largest absolute Gasteiger partial charge is 0.386 e. The van der Waals surface area contributed by atoms with Crippen molar-refractivity contribution in [1.82, 2.24) is 4.72 Å². The third kappa shape index (κ3) is 3.40. The molecule has 8 heteroatoms. The number of aliphatic hydroxyl groups excluding tert-OH is 1. The molecule has 108 valence electrons. The topological polar surface area (TPSA) is 66.4 Å². The number of thiophene rings is 1. The van der Waals surface area contributed by atoms with E-state index in [0.29, 0.717) is 10.9 Å². The number of benzene rings is 1. The first-order valence-corrected chi connectivity index (χ1v) is 7.92. The van der Waals surface area contributed by atoms with Crippen LogP contribution in [0.1, 0.15) is 11.0 Å². The highest BCUT2D eigenvalue weighted by atomic mass is 32.2. The van der Waals surface area contributed by atoms with E-state index in [0.717, 1.165) is 12.1 Å². The third-order valence-electron chi connectivity index (χ3n) is 2.52. The molecular weight excluding hydrogens is 308 g/mol. The maximum absolute atomic E-state index is 13.4. The average Bonchev–Trinajstić information content (AvgIpc) is 2.93. The summed E-state index contributed by atoms with van der Waals surface area (Å²) in [5.74, 6) is -1.91. The number of rotatable bonds is 5. The molecule has 0 aliphatic heterocycles. The molecule has 0 saturated heterocycles. The predicted molar refractivity (Wildman–Crippen MR) is 70.8 cm³/mol. The zero-order chi connectivity index (χ0) is 14.8. The van der Waals surface area contributed by atoms with Gasteiger partial charge in [-0.05, 0) is 29.6 Å². The van der Waals surface area contributed by atoms with Gasteiger partial charge in [0, 0.05) is 11.4 Å². The fraction of sp³-hybridized carbons (Fsp3) is 0.167. The third-order valence-corrected chi connectivity index (χ3v) is 4.93. The standard InChI is InChI=1S/C12H11F2NO3S2/c13-8-3-4-9(14)12(6-8)20(17,18)15-7-10(16)11-2-1-5-19-11/h1-6,10,15-16H,7H2/t10-/m0/s1. The van der Waals surface area contributed by atoms with Crippen LogP contribution in [0.3, 0.4) is 0 Å². The number of halogens is 2. The molecule has 2 rings (SSSR count). The lowest BCUT2D eigenvalue weighted by molar-refractivity contribution is 0.185. The molecule has 0 spiro atoms. The van der Waals surface area contributed by atoms with Gasteiger partial charge in [-0.3, -0.25) is 0 Å². The van der Waals surface area contributed by atoms with Crippen molar-refractivity contribution in [2.45, 2.75) is 11.0 Å². The molecule has 1 atom stereocenters. The first-order chi connectivity index (χ1) is 9.40. The number of nitrogens with one attached hydrogen (secondary N) is 1. The Morgan fingerprint density at radius 3 is 2.70 bits per heavy atom. The highest BCUT2D eigenvalue weighted by molar-refractivity contribution is 7.89. The van der Waals surface area contributed by atoms with E-state index in [9.17, 15) is 22.3 Å². The minimum absolute atomic E-state index is 0.321. The fourth-order valence-electron chi connectivity index (χ4n) is 1.53. The lowest BCUT2D eigenvalue weighted by Crippen LogP contribution is -2.29. The van der Waals surface area contributed by atoms with Gasteiger partial charge in [-0.2, -0.15) is 0 Å². The summed E-state index contributed by atoms with van der Waals surface area (Å²) in [4.78, 5) is -0.205. The van der Waals surface area contributed by atoms with Crippen molar-refractivity contribution in [3.8, 4) is 0 Å². The molecule has 2 N–H and O–H groups in total. The second-order valence-corrected chi connectivity index (χ2v) is 6.67. The monoisotopic (exact) mass is 319 g/mol. The van der Waals surface area contributed by atoms with E-state index in [2.05, 4.69) is 4.72 Å². The fourth-order valence-corrected chi connectivity index (χ4v) is 3.37. The smallest absolute Gasteiger partial charge is 0.243 e. The number of hydrogen-bond acceptors (Lipinski definition) is 4. The van der Waals surface area contributed by atoms with Crippen LogP contribution in [0.4, 0.5) is 8.78 Å². The number of sulfonamides is 1. The number of hydrogen-bond donors (Lipinski definition) is 2. The first-order valence-electron chi connectivity index (χ1n) is 5.56. The molecule has 0 fully saturated rings. The van der Waals surface area contributed by atoms with E-state index >= 15 is 0 Å². The van der Waals surface area contributed by atoms with Gasteiger partial charge in [0.2, 0.25) is 10.0 Å². The van der Waals surface area contributed by atoms with E-state index in [1.165, 1.54) is 11.3 Å².